The molecule has 1 aromatic rings. The van der Waals surface area contributed by atoms with Gasteiger partial charge in [0.05, 0.1) is 6.42 Å². The topological polar surface area (TPSA) is 82.1 Å². The van der Waals surface area contributed by atoms with E-state index in [-0.39, 0.29) is 17.7 Å². The fraction of sp³-hybridized carbons (Fsp3) is 0.474. The van der Waals surface area contributed by atoms with Gasteiger partial charge in [-0.15, -0.1) is 0 Å². The third kappa shape index (κ3) is 4.09. The lowest BCUT2D eigenvalue weighted by atomic mass is 10.0. The third-order valence-electron chi connectivity index (χ3n) is 4.91. The summed E-state index contributed by atoms with van der Waals surface area (Å²) in [4.78, 5) is 39.7. The van der Waals surface area contributed by atoms with E-state index < -0.39 is 0 Å². The Kier molecular flexibility index (Phi) is 5.35. The van der Waals surface area contributed by atoms with Crippen LogP contribution in [0.3, 0.4) is 0 Å². The van der Waals surface area contributed by atoms with Gasteiger partial charge >= 0.3 is 0 Å². The highest BCUT2D eigenvalue weighted by atomic mass is 16.2. The molecule has 0 unspecified atom stereocenters. The Bertz CT molecular complexity index is 764. The third-order valence-corrected chi connectivity index (χ3v) is 4.91. The molecular formula is C19H24N4O3. The van der Waals surface area contributed by atoms with Crippen LogP contribution in [0.25, 0.3) is 0 Å². The highest BCUT2D eigenvalue weighted by molar-refractivity contribution is 6.39. The predicted molar refractivity (Wildman–Crippen MR) is 97.6 cm³/mol. The number of carbonyl (C=O) groups is 3. The zero-order valence-electron chi connectivity index (χ0n) is 15.2. The molecule has 26 heavy (non-hydrogen) atoms. The number of hydrogen-bond acceptors (Lipinski definition) is 4. The molecule has 1 saturated heterocycles. The Labute approximate surface area is 153 Å². The normalized spacial score (nSPS) is 17.6. The van der Waals surface area contributed by atoms with Crippen LogP contribution in [0.1, 0.15) is 29.5 Å². The van der Waals surface area contributed by atoms with Crippen LogP contribution in [0.15, 0.2) is 23.3 Å². The summed E-state index contributed by atoms with van der Waals surface area (Å²) in [5.41, 5.74) is 6.11. The lowest BCUT2D eigenvalue weighted by Crippen LogP contribution is -2.53. The molecule has 0 atom stereocenters. The molecule has 7 heteroatoms. The zero-order valence-corrected chi connectivity index (χ0v) is 15.2. The van der Waals surface area contributed by atoms with Gasteiger partial charge in [0.25, 0.3) is 5.91 Å². The summed E-state index contributed by atoms with van der Waals surface area (Å²) in [6, 6.07) is 6.12. The van der Waals surface area contributed by atoms with Gasteiger partial charge < -0.3 is 9.80 Å². The van der Waals surface area contributed by atoms with Gasteiger partial charge in [-0.25, -0.2) is 5.43 Å². The van der Waals surface area contributed by atoms with E-state index in [4.69, 9.17) is 0 Å². The fourth-order valence-corrected chi connectivity index (χ4v) is 3.29. The standard InChI is InChI=1S/C19H24N4O3/c1-13-3-4-15(14(2)11-13)12-18(25)22-7-9-23(10-8-22)19(26)16-5-6-17(24)21-20-16/h3-4,11H,5-10,12H2,1-2H3,(H,21,24). The molecule has 1 N–H and O–H groups in total. The second-order valence-corrected chi connectivity index (χ2v) is 6.87. The van der Waals surface area contributed by atoms with E-state index in [1.54, 1.807) is 4.90 Å². The minimum atomic E-state index is -0.164. The lowest BCUT2D eigenvalue weighted by Gasteiger charge is -2.35. The van der Waals surface area contributed by atoms with Crippen molar-refractivity contribution in [1.82, 2.24) is 15.2 Å². The Morgan fingerprint density at radius 3 is 2.38 bits per heavy atom. The molecule has 1 fully saturated rings. The Balaban J connectivity index is 1.54. The second kappa shape index (κ2) is 7.68. The van der Waals surface area contributed by atoms with E-state index in [9.17, 15) is 14.4 Å². The molecule has 138 valence electrons. The van der Waals surface area contributed by atoms with Crippen LogP contribution >= 0.6 is 0 Å². The summed E-state index contributed by atoms with van der Waals surface area (Å²) in [7, 11) is 0. The number of nitrogens with zero attached hydrogens (tertiary/aromatic N) is 3. The summed E-state index contributed by atoms with van der Waals surface area (Å²) in [6.07, 6.45) is 1.05. The van der Waals surface area contributed by atoms with Crippen LogP contribution in [0.2, 0.25) is 0 Å². The van der Waals surface area contributed by atoms with Crippen LogP contribution in [0.4, 0.5) is 0 Å². The molecule has 0 radical (unpaired) electrons. The minimum Gasteiger partial charge on any atom is -0.339 e. The largest absolute Gasteiger partial charge is 0.339 e. The maximum atomic E-state index is 12.6. The first-order valence-corrected chi connectivity index (χ1v) is 8.92. The number of amides is 3. The molecule has 0 spiro atoms. The lowest BCUT2D eigenvalue weighted by molar-refractivity contribution is -0.136. The monoisotopic (exact) mass is 356 g/mol. The number of nitrogens with one attached hydrogen (secondary N) is 1. The maximum absolute atomic E-state index is 12.6. The summed E-state index contributed by atoms with van der Waals surface area (Å²) in [5, 5.41) is 3.86. The molecule has 0 bridgehead atoms. The van der Waals surface area contributed by atoms with Gasteiger partial charge in [-0.05, 0) is 25.0 Å². The molecule has 3 amide bonds. The van der Waals surface area contributed by atoms with Gasteiger partial charge in [-0.2, -0.15) is 5.10 Å². The number of piperazine rings is 1. The van der Waals surface area contributed by atoms with Crippen molar-refractivity contribution in [2.75, 3.05) is 26.2 Å². The van der Waals surface area contributed by atoms with Crippen molar-refractivity contribution in [3.8, 4) is 0 Å². The van der Waals surface area contributed by atoms with Crippen molar-refractivity contribution >= 4 is 23.4 Å². The van der Waals surface area contributed by atoms with Gasteiger partial charge in [-0.3, -0.25) is 14.4 Å². The predicted octanol–water partition coefficient (Wildman–Crippen LogP) is 0.783. The Morgan fingerprint density at radius 2 is 1.77 bits per heavy atom. The zero-order chi connectivity index (χ0) is 18.7. The molecular weight excluding hydrogens is 332 g/mol. The van der Waals surface area contributed by atoms with Crippen LogP contribution in [0, 0.1) is 13.8 Å². The van der Waals surface area contributed by atoms with Gasteiger partial charge in [0.15, 0.2) is 0 Å². The number of aryl methyl sites for hydroxylation is 2. The van der Waals surface area contributed by atoms with E-state index in [0.717, 1.165) is 11.1 Å². The van der Waals surface area contributed by atoms with Gasteiger partial charge in [-0.1, -0.05) is 23.8 Å². The average molecular weight is 356 g/mol. The molecule has 0 saturated carbocycles. The number of hydrazone groups is 1. The average Bonchev–Trinajstić information content (AvgIpc) is 2.64. The molecule has 2 aliphatic heterocycles. The van der Waals surface area contributed by atoms with E-state index in [1.165, 1.54) is 5.56 Å². The number of hydrogen-bond donors (Lipinski definition) is 1. The minimum absolute atomic E-state index is 0.0892. The molecule has 2 aliphatic rings. The van der Waals surface area contributed by atoms with E-state index in [0.29, 0.717) is 51.2 Å². The van der Waals surface area contributed by atoms with E-state index in [2.05, 4.69) is 16.6 Å². The first kappa shape index (κ1) is 18.1. The summed E-state index contributed by atoms with van der Waals surface area (Å²) < 4.78 is 0. The smallest absolute Gasteiger partial charge is 0.270 e. The van der Waals surface area contributed by atoms with E-state index in [1.807, 2.05) is 30.9 Å². The van der Waals surface area contributed by atoms with Crippen molar-refractivity contribution in [2.24, 2.45) is 5.10 Å². The number of rotatable bonds is 3. The van der Waals surface area contributed by atoms with Crippen molar-refractivity contribution in [3.63, 3.8) is 0 Å². The maximum Gasteiger partial charge on any atom is 0.270 e. The first-order chi connectivity index (χ1) is 12.4. The van der Waals surface area contributed by atoms with Gasteiger partial charge in [0.1, 0.15) is 5.71 Å². The van der Waals surface area contributed by atoms with Crippen molar-refractivity contribution in [3.05, 3.63) is 34.9 Å². The summed E-state index contributed by atoms with van der Waals surface area (Å²) in [5.74, 6) is -0.221. The van der Waals surface area contributed by atoms with Crippen molar-refractivity contribution in [2.45, 2.75) is 33.1 Å². The molecule has 0 aliphatic carbocycles. The molecule has 0 aromatic heterocycles. The van der Waals surface area contributed by atoms with Crippen LogP contribution in [-0.2, 0) is 20.8 Å². The summed E-state index contributed by atoms with van der Waals surface area (Å²) >= 11 is 0. The molecule has 7 nitrogen and oxygen atoms in total. The molecule has 1 aromatic carbocycles. The quantitative estimate of drug-likeness (QED) is 0.869. The molecule has 2 heterocycles. The van der Waals surface area contributed by atoms with Crippen molar-refractivity contribution < 1.29 is 14.4 Å². The summed E-state index contributed by atoms with van der Waals surface area (Å²) in [6.45, 7) is 6.09. The van der Waals surface area contributed by atoms with Crippen LogP contribution in [-0.4, -0.2) is 59.4 Å². The number of benzene rings is 1. The Morgan fingerprint density at radius 1 is 1.08 bits per heavy atom. The highest BCUT2D eigenvalue weighted by Gasteiger charge is 2.28. The van der Waals surface area contributed by atoms with Crippen molar-refractivity contribution in [1.29, 1.82) is 0 Å². The van der Waals surface area contributed by atoms with Gasteiger partial charge in [0, 0.05) is 39.0 Å². The SMILES string of the molecule is Cc1ccc(CC(=O)N2CCN(C(=O)C3=NNC(=O)CC3)CC2)c(C)c1. The highest BCUT2D eigenvalue weighted by Crippen LogP contribution is 2.14. The fourth-order valence-electron chi connectivity index (χ4n) is 3.29. The van der Waals surface area contributed by atoms with Crippen LogP contribution in [0.5, 0.6) is 0 Å². The number of carbonyl (C=O) groups excluding carboxylic acids is 3. The van der Waals surface area contributed by atoms with E-state index >= 15 is 0 Å². The Hall–Kier alpha value is -2.70. The molecule has 3 rings (SSSR count). The van der Waals surface area contributed by atoms with Gasteiger partial charge in [0.2, 0.25) is 11.8 Å². The van der Waals surface area contributed by atoms with Crippen LogP contribution < -0.4 is 5.43 Å². The second-order valence-electron chi connectivity index (χ2n) is 6.87. The first-order valence-electron chi connectivity index (χ1n) is 8.92.